The average Bonchev–Trinajstić information content (AvgIpc) is 2.39. The predicted molar refractivity (Wildman–Crippen MR) is 73.8 cm³/mol. The van der Waals surface area contributed by atoms with Crippen LogP contribution in [0.5, 0.6) is 0 Å². The molecule has 3 rings (SSSR count). The summed E-state index contributed by atoms with van der Waals surface area (Å²) in [5.74, 6) is 0.771. The monoisotopic (exact) mass is 255 g/mol. The van der Waals surface area contributed by atoms with Gasteiger partial charge in [0.15, 0.2) is 0 Å². The second-order valence-electron chi connectivity index (χ2n) is 5.09. The van der Waals surface area contributed by atoms with E-state index in [0.717, 1.165) is 25.1 Å². The minimum atomic E-state index is -0.118. The number of nitrogens with zero attached hydrogens (tertiary/aromatic N) is 1. The van der Waals surface area contributed by atoms with Gasteiger partial charge in [0.1, 0.15) is 5.82 Å². The summed E-state index contributed by atoms with van der Waals surface area (Å²) in [5, 5.41) is 0. The minimum absolute atomic E-state index is 0.116. The summed E-state index contributed by atoms with van der Waals surface area (Å²) in [4.78, 5) is 19.3. The number of benzene rings is 1. The normalized spacial score (nSPS) is 16.9. The Kier molecular flexibility index (Phi) is 2.95. The van der Waals surface area contributed by atoms with E-state index in [1.807, 2.05) is 18.2 Å². The van der Waals surface area contributed by atoms with E-state index in [1.165, 1.54) is 5.56 Å². The lowest BCUT2D eigenvalue weighted by atomic mass is 9.64. The van der Waals surface area contributed by atoms with Crippen molar-refractivity contribution in [3.8, 4) is 0 Å². The molecule has 3 N–H and O–H groups in total. The molecule has 0 amide bonds. The molecule has 0 bridgehead atoms. The van der Waals surface area contributed by atoms with Gasteiger partial charge < -0.3 is 10.7 Å². The van der Waals surface area contributed by atoms with Crippen LogP contribution in [0.2, 0.25) is 0 Å². The number of hydrogen-bond acceptors (Lipinski definition) is 3. The van der Waals surface area contributed by atoms with Crippen molar-refractivity contribution in [3.63, 3.8) is 0 Å². The lowest BCUT2D eigenvalue weighted by Gasteiger charge is -2.41. The zero-order chi connectivity index (χ0) is 13.3. The molecule has 1 fully saturated rings. The molecular formula is C15H17N3O. The molecule has 1 aliphatic rings. The maximum atomic E-state index is 11.9. The molecule has 1 aliphatic carbocycles. The minimum Gasteiger partial charge on any atom is -0.326 e. The van der Waals surface area contributed by atoms with Gasteiger partial charge in [0.2, 0.25) is 0 Å². The van der Waals surface area contributed by atoms with Crippen LogP contribution >= 0.6 is 0 Å². The van der Waals surface area contributed by atoms with E-state index >= 15 is 0 Å². The van der Waals surface area contributed by atoms with Crippen molar-refractivity contribution in [2.75, 3.05) is 0 Å². The first-order chi connectivity index (χ1) is 9.26. The standard InChI is InChI=1S/C15H17N3O/c16-9-11-10-17-14(18-13(11)19)15(7-4-8-15)12-5-2-1-3-6-12/h1-3,5-6,10H,4,7-9,16H2,(H,17,18,19). The van der Waals surface area contributed by atoms with Crippen LogP contribution in [0.4, 0.5) is 0 Å². The second-order valence-corrected chi connectivity index (χ2v) is 5.09. The van der Waals surface area contributed by atoms with Crippen molar-refractivity contribution in [2.24, 2.45) is 5.73 Å². The van der Waals surface area contributed by atoms with Crippen molar-refractivity contribution < 1.29 is 0 Å². The first-order valence-corrected chi connectivity index (χ1v) is 6.60. The van der Waals surface area contributed by atoms with Crippen LogP contribution < -0.4 is 11.3 Å². The summed E-state index contributed by atoms with van der Waals surface area (Å²) >= 11 is 0. The van der Waals surface area contributed by atoms with Crippen molar-refractivity contribution in [1.82, 2.24) is 9.97 Å². The number of nitrogens with one attached hydrogen (secondary N) is 1. The number of H-pyrrole nitrogens is 1. The molecule has 1 heterocycles. The summed E-state index contributed by atoms with van der Waals surface area (Å²) in [7, 11) is 0. The fourth-order valence-corrected chi connectivity index (χ4v) is 2.76. The Bertz CT molecular complexity index is 629. The topological polar surface area (TPSA) is 71.8 Å². The third kappa shape index (κ3) is 1.88. The summed E-state index contributed by atoms with van der Waals surface area (Å²) in [6.45, 7) is 0.223. The van der Waals surface area contributed by atoms with Crippen LogP contribution in [0.3, 0.4) is 0 Å². The quantitative estimate of drug-likeness (QED) is 0.876. The van der Waals surface area contributed by atoms with Crippen molar-refractivity contribution >= 4 is 0 Å². The molecule has 1 aromatic heterocycles. The molecule has 4 nitrogen and oxygen atoms in total. The van der Waals surface area contributed by atoms with E-state index in [-0.39, 0.29) is 17.5 Å². The van der Waals surface area contributed by atoms with Gasteiger partial charge in [-0.25, -0.2) is 4.98 Å². The highest BCUT2D eigenvalue weighted by molar-refractivity contribution is 5.35. The Hall–Kier alpha value is -1.94. The van der Waals surface area contributed by atoms with Gasteiger partial charge in [-0.15, -0.1) is 0 Å². The molecule has 4 heteroatoms. The lowest BCUT2D eigenvalue weighted by molar-refractivity contribution is 0.284. The van der Waals surface area contributed by atoms with Crippen LogP contribution in [-0.2, 0) is 12.0 Å². The maximum Gasteiger partial charge on any atom is 0.255 e. The molecule has 1 saturated carbocycles. The van der Waals surface area contributed by atoms with E-state index in [1.54, 1.807) is 6.20 Å². The second kappa shape index (κ2) is 4.63. The molecule has 0 saturated heterocycles. The summed E-state index contributed by atoms with van der Waals surface area (Å²) in [5.41, 5.74) is 7.03. The Morgan fingerprint density at radius 2 is 2.00 bits per heavy atom. The average molecular weight is 255 g/mol. The van der Waals surface area contributed by atoms with Gasteiger partial charge in [-0.3, -0.25) is 4.79 Å². The Labute approximate surface area is 111 Å². The number of rotatable bonds is 3. The van der Waals surface area contributed by atoms with E-state index in [2.05, 4.69) is 22.1 Å². The van der Waals surface area contributed by atoms with Gasteiger partial charge in [-0.2, -0.15) is 0 Å². The highest BCUT2D eigenvalue weighted by Crippen LogP contribution is 2.47. The molecule has 98 valence electrons. The van der Waals surface area contributed by atoms with E-state index in [4.69, 9.17) is 5.73 Å². The number of aromatic nitrogens is 2. The highest BCUT2D eigenvalue weighted by Gasteiger charge is 2.42. The van der Waals surface area contributed by atoms with E-state index in [0.29, 0.717) is 5.56 Å². The van der Waals surface area contributed by atoms with Gasteiger partial charge in [0.25, 0.3) is 5.56 Å². The summed E-state index contributed by atoms with van der Waals surface area (Å²) < 4.78 is 0. The van der Waals surface area contributed by atoms with Crippen molar-refractivity contribution in [3.05, 3.63) is 63.8 Å². The first kappa shape index (κ1) is 12.1. The Morgan fingerprint density at radius 1 is 1.26 bits per heavy atom. The van der Waals surface area contributed by atoms with Gasteiger partial charge in [0, 0.05) is 18.3 Å². The molecule has 0 unspecified atom stereocenters. The van der Waals surface area contributed by atoms with Crippen LogP contribution in [-0.4, -0.2) is 9.97 Å². The van der Waals surface area contributed by atoms with Gasteiger partial charge in [-0.1, -0.05) is 36.8 Å². The van der Waals surface area contributed by atoms with Gasteiger partial charge in [0.05, 0.1) is 5.41 Å². The molecule has 0 atom stereocenters. The number of nitrogens with two attached hydrogens (primary N) is 1. The summed E-state index contributed by atoms with van der Waals surface area (Å²) in [6.07, 6.45) is 4.83. The van der Waals surface area contributed by atoms with Crippen molar-refractivity contribution in [2.45, 2.75) is 31.2 Å². The van der Waals surface area contributed by atoms with E-state index < -0.39 is 0 Å². The Balaban J connectivity index is 2.08. The fraction of sp³-hybridized carbons (Fsp3) is 0.333. The predicted octanol–water partition coefficient (Wildman–Crippen LogP) is 1.70. The largest absolute Gasteiger partial charge is 0.326 e. The third-order valence-corrected chi connectivity index (χ3v) is 4.08. The van der Waals surface area contributed by atoms with Crippen LogP contribution in [0, 0.1) is 0 Å². The molecule has 0 radical (unpaired) electrons. The molecule has 19 heavy (non-hydrogen) atoms. The molecule has 0 spiro atoms. The fourth-order valence-electron chi connectivity index (χ4n) is 2.76. The molecule has 0 aliphatic heterocycles. The third-order valence-electron chi connectivity index (χ3n) is 4.08. The highest BCUT2D eigenvalue weighted by atomic mass is 16.1. The van der Waals surface area contributed by atoms with Gasteiger partial charge in [-0.05, 0) is 18.4 Å². The molecular weight excluding hydrogens is 238 g/mol. The zero-order valence-corrected chi connectivity index (χ0v) is 10.7. The smallest absolute Gasteiger partial charge is 0.255 e. The maximum absolute atomic E-state index is 11.9. The lowest BCUT2D eigenvalue weighted by Crippen LogP contribution is -2.39. The van der Waals surface area contributed by atoms with Crippen LogP contribution in [0.1, 0.15) is 36.2 Å². The SMILES string of the molecule is NCc1cnc(C2(c3ccccc3)CCC2)[nH]c1=O. The molecule has 1 aromatic carbocycles. The zero-order valence-electron chi connectivity index (χ0n) is 10.7. The Morgan fingerprint density at radius 3 is 2.53 bits per heavy atom. The van der Waals surface area contributed by atoms with Crippen LogP contribution in [0.25, 0.3) is 0 Å². The summed E-state index contributed by atoms with van der Waals surface area (Å²) in [6, 6.07) is 10.3. The molecule has 2 aromatic rings. The van der Waals surface area contributed by atoms with Crippen LogP contribution in [0.15, 0.2) is 41.3 Å². The van der Waals surface area contributed by atoms with Gasteiger partial charge >= 0.3 is 0 Å². The number of hydrogen-bond donors (Lipinski definition) is 2. The number of aromatic amines is 1. The van der Waals surface area contributed by atoms with Crippen molar-refractivity contribution in [1.29, 1.82) is 0 Å². The van der Waals surface area contributed by atoms with E-state index in [9.17, 15) is 4.79 Å². The first-order valence-electron chi connectivity index (χ1n) is 6.60.